The van der Waals surface area contributed by atoms with E-state index in [1.54, 1.807) is 6.92 Å². The summed E-state index contributed by atoms with van der Waals surface area (Å²) in [6.45, 7) is 12.5. The Morgan fingerprint density at radius 2 is 1.52 bits per heavy atom. The van der Waals surface area contributed by atoms with E-state index in [1.807, 2.05) is 27.7 Å². The molecule has 0 aliphatic rings. The fourth-order valence-electron chi connectivity index (χ4n) is 2.30. The van der Waals surface area contributed by atoms with Crippen molar-refractivity contribution in [2.75, 3.05) is 46.2 Å². The Morgan fingerprint density at radius 3 is 2.04 bits per heavy atom. The lowest BCUT2D eigenvalue weighted by molar-refractivity contribution is -0.195. The van der Waals surface area contributed by atoms with Crippen LogP contribution in [0.15, 0.2) is 0 Å². The first-order chi connectivity index (χ1) is 13.1. The van der Waals surface area contributed by atoms with Crippen LogP contribution in [0.3, 0.4) is 0 Å². The van der Waals surface area contributed by atoms with Gasteiger partial charge in [0.05, 0.1) is 6.61 Å². The average molecular weight is 412 g/mol. The number of nitrogens with one attached hydrogen (secondary N) is 1. The van der Waals surface area contributed by atoms with Gasteiger partial charge in [-0.2, -0.15) is 5.48 Å². The maximum absolute atomic E-state index is 11.2. The third-order valence-corrected chi connectivity index (χ3v) is 6.42. The summed E-state index contributed by atoms with van der Waals surface area (Å²) in [5.74, 6) is 0. The number of ether oxygens (including phenoxy) is 3. The normalized spacial score (nSPS) is 12.8. The first kappa shape index (κ1) is 26.2. The van der Waals surface area contributed by atoms with Gasteiger partial charge in [-0.25, -0.2) is 9.63 Å². The summed E-state index contributed by atoms with van der Waals surface area (Å²) in [4.78, 5) is 16.4. The van der Waals surface area contributed by atoms with Crippen molar-refractivity contribution >= 4 is 14.9 Å². The van der Waals surface area contributed by atoms with Crippen molar-refractivity contribution < 1.29 is 37.1 Å². The second-order valence-corrected chi connectivity index (χ2v) is 8.07. The van der Waals surface area contributed by atoms with E-state index < -0.39 is 21.2 Å². The standard InChI is InChI=1S/C17H37NO8Si/c1-6-21-16(26-18-17(19)22-7-2)15-20-13-11-12-14-27(23-8-3,24-9-4)25-10-5/h16H,6-15H2,1-5H3,(H,18,19). The smallest absolute Gasteiger partial charge is 0.448 e. The van der Waals surface area contributed by atoms with Gasteiger partial charge in [0.2, 0.25) is 6.29 Å². The minimum atomic E-state index is -2.59. The summed E-state index contributed by atoms with van der Waals surface area (Å²) in [5, 5.41) is 0. The molecule has 0 aromatic rings. The van der Waals surface area contributed by atoms with Gasteiger partial charge in [0.25, 0.3) is 0 Å². The molecule has 1 atom stereocenters. The first-order valence-electron chi connectivity index (χ1n) is 9.76. The molecule has 0 bridgehead atoms. The van der Waals surface area contributed by atoms with Gasteiger partial charge in [-0.15, -0.1) is 0 Å². The van der Waals surface area contributed by atoms with Crippen molar-refractivity contribution in [2.45, 2.75) is 59.8 Å². The van der Waals surface area contributed by atoms with Gasteiger partial charge in [0.1, 0.15) is 6.61 Å². The SMILES string of the molecule is CCOC(=O)NOC(COCCCC[Si](OCC)(OCC)OCC)OCC. The molecule has 1 unspecified atom stereocenters. The number of hydrogen-bond acceptors (Lipinski definition) is 8. The highest BCUT2D eigenvalue weighted by atomic mass is 28.4. The fraction of sp³-hybridized carbons (Fsp3) is 0.941. The predicted octanol–water partition coefficient (Wildman–Crippen LogP) is 2.87. The molecule has 0 rings (SSSR count). The van der Waals surface area contributed by atoms with Crippen LogP contribution in [0.5, 0.6) is 0 Å². The second-order valence-electron chi connectivity index (χ2n) is 5.34. The Labute approximate surface area is 164 Å². The average Bonchev–Trinajstić information content (AvgIpc) is 2.63. The molecule has 27 heavy (non-hydrogen) atoms. The Balaban J connectivity index is 4.11. The molecular formula is C17H37NO8Si. The molecule has 9 nitrogen and oxygen atoms in total. The molecule has 0 saturated carbocycles. The molecule has 0 aromatic heterocycles. The predicted molar refractivity (Wildman–Crippen MR) is 102 cm³/mol. The van der Waals surface area contributed by atoms with Crippen molar-refractivity contribution in [3.05, 3.63) is 0 Å². The van der Waals surface area contributed by atoms with E-state index in [9.17, 15) is 4.79 Å². The summed E-state index contributed by atoms with van der Waals surface area (Å²) < 4.78 is 33.1. The van der Waals surface area contributed by atoms with Crippen molar-refractivity contribution in [3.8, 4) is 0 Å². The molecule has 162 valence electrons. The lowest BCUT2D eigenvalue weighted by Crippen LogP contribution is -2.45. The van der Waals surface area contributed by atoms with Crippen LogP contribution in [0.4, 0.5) is 4.79 Å². The van der Waals surface area contributed by atoms with Crippen LogP contribution in [-0.4, -0.2) is 67.4 Å². The molecule has 10 heteroatoms. The Kier molecular flexibility index (Phi) is 16.9. The van der Waals surface area contributed by atoms with Crippen molar-refractivity contribution in [2.24, 2.45) is 0 Å². The number of hydrogen-bond donors (Lipinski definition) is 1. The molecule has 0 radical (unpaired) electrons. The van der Waals surface area contributed by atoms with Crippen LogP contribution in [0.1, 0.15) is 47.5 Å². The molecular weight excluding hydrogens is 374 g/mol. The zero-order chi connectivity index (χ0) is 20.4. The quantitative estimate of drug-likeness (QED) is 0.159. The highest BCUT2D eigenvalue weighted by Crippen LogP contribution is 2.19. The van der Waals surface area contributed by atoms with E-state index >= 15 is 0 Å². The monoisotopic (exact) mass is 411 g/mol. The van der Waals surface area contributed by atoms with Crippen LogP contribution in [0, 0.1) is 0 Å². The van der Waals surface area contributed by atoms with Crippen LogP contribution < -0.4 is 5.48 Å². The van der Waals surface area contributed by atoms with Crippen molar-refractivity contribution in [1.82, 2.24) is 5.48 Å². The van der Waals surface area contributed by atoms with Gasteiger partial charge in [-0.05, 0) is 47.5 Å². The van der Waals surface area contributed by atoms with Gasteiger partial charge in [-0.3, -0.25) is 0 Å². The second kappa shape index (κ2) is 17.4. The van der Waals surface area contributed by atoms with Crippen molar-refractivity contribution in [1.29, 1.82) is 0 Å². The van der Waals surface area contributed by atoms with Gasteiger partial charge < -0.3 is 27.5 Å². The van der Waals surface area contributed by atoms with Gasteiger partial charge in [0.15, 0.2) is 0 Å². The Bertz CT molecular complexity index is 345. The number of carbonyl (C=O) groups excluding carboxylic acids is 1. The maximum Gasteiger partial charge on any atom is 0.500 e. The highest BCUT2D eigenvalue weighted by molar-refractivity contribution is 6.60. The molecule has 0 spiro atoms. The fourth-order valence-corrected chi connectivity index (χ4v) is 4.99. The van der Waals surface area contributed by atoms with E-state index in [0.717, 1.165) is 18.9 Å². The van der Waals surface area contributed by atoms with Crippen LogP contribution in [-0.2, 0) is 32.3 Å². The molecule has 0 fully saturated rings. The molecule has 1 N–H and O–H groups in total. The third kappa shape index (κ3) is 13.1. The van der Waals surface area contributed by atoms with Gasteiger partial charge in [-0.1, -0.05) is 0 Å². The molecule has 0 aliphatic carbocycles. The zero-order valence-corrected chi connectivity index (χ0v) is 18.4. The van der Waals surface area contributed by atoms with E-state index in [4.69, 9.17) is 32.3 Å². The largest absolute Gasteiger partial charge is 0.500 e. The molecule has 1 amide bonds. The topological polar surface area (TPSA) is 93.7 Å². The lowest BCUT2D eigenvalue weighted by Gasteiger charge is -2.28. The number of amides is 1. The van der Waals surface area contributed by atoms with Gasteiger partial charge in [0, 0.05) is 39.1 Å². The molecule has 0 heterocycles. The van der Waals surface area contributed by atoms with E-state index in [1.165, 1.54) is 0 Å². The maximum atomic E-state index is 11.2. The minimum Gasteiger partial charge on any atom is -0.448 e. The molecule has 0 saturated heterocycles. The van der Waals surface area contributed by atoms with E-state index in [2.05, 4.69) is 5.48 Å². The van der Waals surface area contributed by atoms with Crippen LogP contribution in [0.2, 0.25) is 6.04 Å². The minimum absolute atomic E-state index is 0.200. The Morgan fingerprint density at radius 1 is 0.889 bits per heavy atom. The molecule has 0 aromatic carbocycles. The van der Waals surface area contributed by atoms with Crippen LogP contribution >= 0.6 is 0 Å². The lowest BCUT2D eigenvalue weighted by atomic mass is 10.4. The summed E-state index contributed by atoms with van der Waals surface area (Å²) in [5.41, 5.74) is 2.17. The van der Waals surface area contributed by atoms with E-state index in [-0.39, 0.29) is 13.2 Å². The Hall–Kier alpha value is -0.753. The van der Waals surface area contributed by atoms with Crippen molar-refractivity contribution in [3.63, 3.8) is 0 Å². The third-order valence-electron chi connectivity index (χ3n) is 3.27. The van der Waals surface area contributed by atoms with Gasteiger partial charge >= 0.3 is 14.9 Å². The summed E-state index contributed by atoms with van der Waals surface area (Å²) in [6.07, 6.45) is 0.342. The summed E-state index contributed by atoms with van der Waals surface area (Å²) >= 11 is 0. The molecule has 0 aliphatic heterocycles. The number of hydroxylamine groups is 1. The summed E-state index contributed by atoms with van der Waals surface area (Å²) in [6, 6.07) is 0.752. The highest BCUT2D eigenvalue weighted by Gasteiger charge is 2.39. The number of carbonyl (C=O) groups is 1. The summed E-state index contributed by atoms with van der Waals surface area (Å²) in [7, 11) is -2.59. The van der Waals surface area contributed by atoms with E-state index in [0.29, 0.717) is 33.0 Å². The van der Waals surface area contributed by atoms with Crippen LogP contribution in [0.25, 0.3) is 0 Å². The first-order valence-corrected chi connectivity index (χ1v) is 11.7. The number of rotatable bonds is 18. The zero-order valence-electron chi connectivity index (χ0n) is 17.4. The number of unbranched alkanes of at least 4 members (excludes halogenated alkanes) is 1.